The number of nitrogens with one attached hydrogen (secondary N) is 1. The number of anilines is 1. The van der Waals surface area contributed by atoms with Gasteiger partial charge in [0.1, 0.15) is 11.9 Å². The van der Waals surface area contributed by atoms with E-state index in [0.717, 1.165) is 48.3 Å². The minimum Gasteiger partial charge on any atom is -0.490 e. The van der Waals surface area contributed by atoms with Gasteiger partial charge in [0.25, 0.3) is 0 Å². The van der Waals surface area contributed by atoms with Crippen LogP contribution >= 0.6 is 0 Å². The van der Waals surface area contributed by atoms with E-state index in [2.05, 4.69) is 28.9 Å². The Labute approximate surface area is 147 Å². The molecule has 0 bridgehead atoms. The lowest BCUT2D eigenvalue weighted by molar-refractivity contribution is 0.171. The lowest BCUT2D eigenvalue weighted by Gasteiger charge is -2.34. The molecule has 1 aromatic heterocycles. The summed E-state index contributed by atoms with van der Waals surface area (Å²) in [5.74, 6) is 0.936. The molecule has 1 fully saturated rings. The molecule has 0 radical (unpaired) electrons. The highest BCUT2D eigenvalue weighted by Crippen LogP contribution is 2.27. The maximum atomic E-state index is 12.3. The number of benzene rings is 2. The lowest BCUT2D eigenvalue weighted by Crippen LogP contribution is -2.38. The van der Waals surface area contributed by atoms with Crippen LogP contribution in [0.1, 0.15) is 18.4 Å². The number of pyridine rings is 1. The maximum Gasteiger partial charge on any atom is 0.191 e. The first-order valence-corrected chi connectivity index (χ1v) is 8.79. The summed E-state index contributed by atoms with van der Waals surface area (Å²) in [5, 5.41) is 0.780. The van der Waals surface area contributed by atoms with Gasteiger partial charge in [-0.05, 0) is 31.2 Å². The molecule has 0 saturated carbocycles. The first-order valence-electron chi connectivity index (χ1n) is 8.79. The van der Waals surface area contributed by atoms with Crippen LogP contribution in [0, 0.1) is 6.92 Å². The Balaban J connectivity index is 1.49. The Kier molecular flexibility index (Phi) is 4.18. The zero-order valence-corrected chi connectivity index (χ0v) is 14.4. The third kappa shape index (κ3) is 3.25. The average molecular weight is 334 g/mol. The Hall–Kier alpha value is -2.75. The number of rotatable bonds is 3. The van der Waals surface area contributed by atoms with Gasteiger partial charge < -0.3 is 14.6 Å². The van der Waals surface area contributed by atoms with Crippen LogP contribution in [0.15, 0.2) is 59.5 Å². The van der Waals surface area contributed by atoms with Crippen LogP contribution in [0.3, 0.4) is 0 Å². The van der Waals surface area contributed by atoms with E-state index < -0.39 is 0 Å². The predicted octanol–water partition coefficient (Wildman–Crippen LogP) is 3.88. The van der Waals surface area contributed by atoms with Crippen molar-refractivity contribution in [3.8, 4) is 5.75 Å². The molecule has 2 aromatic carbocycles. The molecule has 0 amide bonds. The fourth-order valence-corrected chi connectivity index (χ4v) is 3.50. The third-order valence-electron chi connectivity index (χ3n) is 4.87. The molecule has 0 aliphatic carbocycles. The monoisotopic (exact) mass is 334 g/mol. The van der Waals surface area contributed by atoms with Crippen LogP contribution in [-0.2, 0) is 0 Å². The van der Waals surface area contributed by atoms with E-state index in [1.54, 1.807) is 12.3 Å². The number of aromatic nitrogens is 1. The molecule has 0 spiro atoms. The van der Waals surface area contributed by atoms with Crippen molar-refractivity contribution in [1.82, 2.24) is 4.98 Å². The molecule has 1 saturated heterocycles. The van der Waals surface area contributed by atoms with Gasteiger partial charge in [0, 0.05) is 38.2 Å². The number of piperidine rings is 1. The Morgan fingerprint density at radius 2 is 1.80 bits per heavy atom. The fraction of sp³-hybridized carbons (Fsp3) is 0.286. The van der Waals surface area contributed by atoms with Crippen LogP contribution in [0.2, 0.25) is 0 Å². The molecular weight excluding hydrogens is 312 g/mol. The molecule has 1 aliphatic heterocycles. The van der Waals surface area contributed by atoms with Gasteiger partial charge in [0.15, 0.2) is 5.43 Å². The number of hydrogen-bond acceptors (Lipinski definition) is 3. The van der Waals surface area contributed by atoms with Crippen molar-refractivity contribution < 1.29 is 4.74 Å². The number of fused-ring (bicyclic) bond motifs is 1. The quantitative estimate of drug-likeness (QED) is 0.790. The average Bonchev–Trinajstić information content (AvgIpc) is 2.64. The van der Waals surface area contributed by atoms with E-state index in [1.807, 2.05) is 30.3 Å². The molecular formula is C21H22N2O2. The molecule has 0 unspecified atom stereocenters. The van der Waals surface area contributed by atoms with Crippen molar-refractivity contribution in [2.75, 3.05) is 18.0 Å². The number of hydrogen-bond donors (Lipinski definition) is 1. The summed E-state index contributed by atoms with van der Waals surface area (Å²) in [4.78, 5) is 17.8. The standard InChI is InChI=1S/C21H22N2O2/c1-15-5-7-16(8-6-15)25-17-10-13-23(14-11-17)19-4-2-3-18-21(19)20(24)9-12-22-18/h2-9,12,17H,10-11,13-14H2,1H3,(H,22,24). The highest BCUT2D eigenvalue weighted by atomic mass is 16.5. The van der Waals surface area contributed by atoms with E-state index in [4.69, 9.17) is 4.74 Å². The number of aromatic amines is 1. The summed E-state index contributed by atoms with van der Waals surface area (Å²) in [6, 6.07) is 15.8. The van der Waals surface area contributed by atoms with E-state index in [0.29, 0.717) is 0 Å². The zero-order chi connectivity index (χ0) is 17.2. The molecule has 2 heterocycles. The first-order chi connectivity index (χ1) is 12.2. The minimum atomic E-state index is 0.0716. The van der Waals surface area contributed by atoms with Crippen molar-refractivity contribution >= 4 is 16.6 Å². The molecule has 0 atom stereocenters. The van der Waals surface area contributed by atoms with Crippen LogP contribution in [0.5, 0.6) is 5.75 Å². The highest BCUT2D eigenvalue weighted by molar-refractivity contribution is 5.91. The number of ether oxygens (including phenoxy) is 1. The fourth-order valence-electron chi connectivity index (χ4n) is 3.50. The van der Waals surface area contributed by atoms with Crippen LogP contribution in [0.25, 0.3) is 10.9 Å². The van der Waals surface area contributed by atoms with Gasteiger partial charge in [-0.1, -0.05) is 23.8 Å². The van der Waals surface area contributed by atoms with E-state index in [9.17, 15) is 4.79 Å². The van der Waals surface area contributed by atoms with Crippen LogP contribution in [0.4, 0.5) is 5.69 Å². The number of H-pyrrole nitrogens is 1. The van der Waals surface area contributed by atoms with Gasteiger partial charge >= 0.3 is 0 Å². The molecule has 128 valence electrons. The van der Waals surface area contributed by atoms with Gasteiger partial charge in [-0.2, -0.15) is 0 Å². The van der Waals surface area contributed by atoms with Gasteiger partial charge in [-0.3, -0.25) is 4.79 Å². The predicted molar refractivity (Wildman–Crippen MR) is 102 cm³/mol. The van der Waals surface area contributed by atoms with Gasteiger partial charge in [-0.25, -0.2) is 0 Å². The Bertz CT molecular complexity index is 917. The summed E-state index contributed by atoms with van der Waals surface area (Å²) >= 11 is 0. The molecule has 4 rings (SSSR count). The maximum absolute atomic E-state index is 12.3. The second-order valence-electron chi connectivity index (χ2n) is 6.66. The van der Waals surface area contributed by atoms with E-state index in [-0.39, 0.29) is 11.5 Å². The first kappa shape index (κ1) is 15.8. The topological polar surface area (TPSA) is 45.3 Å². The van der Waals surface area contributed by atoms with Crippen molar-refractivity contribution in [3.63, 3.8) is 0 Å². The van der Waals surface area contributed by atoms with Gasteiger partial charge in [0.05, 0.1) is 16.6 Å². The van der Waals surface area contributed by atoms with Crippen LogP contribution in [-0.4, -0.2) is 24.2 Å². The molecule has 25 heavy (non-hydrogen) atoms. The molecule has 4 heteroatoms. The second kappa shape index (κ2) is 6.63. The molecule has 1 aliphatic rings. The van der Waals surface area contributed by atoms with Crippen molar-refractivity contribution in [2.24, 2.45) is 0 Å². The SMILES string of the molecule is Cc1ccc(OC2CCN(c3cccc4[nH]ccc(=O)c34)CC2)cc1. The Morgan fingerprint density at radius 1 is 1.04 bits per heavy atom. The minimum absolute atomic E-state index is 0.0716. The molecule has 1 N–H and O–H groups in total. The third-order valence-corrected chi connectivity index (χ3v) is 4.87. The second-order valence-corrected chi connectivity index (χ2v) is 6.66. The van der Waals surface area contributed by atoms with Gasteiger partial charge in [-0.15, -0.1) is 0 Å². The largest absolute Gasteiger partial charge is 0.490 e. The summed E-state index contributed by atoms with van der Waals surface area (Å²) in [5.41, 5.74) is 3.22. The van der Waals surface area contributed by atoms with Crippen molar-refractivity contribution in [2.45, 2.75) is 25.9 Å². The number of aryl methyl sites for hydroxylation is 1. The normalized spacial score (nSPS) is 15.5. The lowest BCUT2D eigenvalue weighted by atomic mass is 10.0. The van der Waals surface area contributed by atoms with Crippen LogP contribution < -0.4 is 15.1 Å². The zero-order valence-electron chi connectivity index (χ0n) is 14.4. The summed E-state index contributed by atoms with van der Waals surface area (Å²) in [7, 11) is 0. The molecule has 4 nitrogen and oxygen atoms in total. The molecule has 3 aromatic rings. The highest BCUT2D eigenvalue weighted by Gasteiger charge is 2.22. The Morgan fingerprint density at radius 3 is 2.56 bits per heavy atom. The van der Waals surface area contributed by atoms with E-state index in [1.165, 1.54) is 5.56 Å². The summed E-state index contributed by atoms with van der Waals surface area (Å²) < 4.78 is 6.11. The van der Waals surface area contributed by atoms with E-state index >= 15 is 0 Å². The summed E-state index contributed by atoms with van der Waals surface area (Å²) in [6.07, 6.45) is 3.84. The van der Waals surface area contributed by atoms with Crippen molar-refractivity contribution in [3.05, 3.63) is 70.5 Å². The van der Waals surface area contributed by atoms with Crippen molar-refractivity contribution in [1.29, 1.82) is 0 Å². The summed E-state index contributed by atoms with van der Waals surface area (Å²) in [6.45, 7) is 3.86. The van der Waals surface area contributed by atoms with Gasteiger partial charge in [0.2, 0.25) is 0 Å². The smallest absolute Gasteiger partial charge is 0.191 e. The number of nitrogens with zero attached hydrogens (tertiary/aromatic N) is 1.